The van der Waals surface area contributed by atoms with Crippen molar-refractivity contribution in [2.24, 2.45) is 5.92 Å². The monoisotopic (exact) mass is 421 g/mol. The highest BCUT2D eigenvalue weighted by Gasteiger charge is 2.46. The van der Waals surface area contributed by atoms with Crippen molar-refractivity contribution in [1.29, 1.82) is 0 Å². The topological polar surface area (TPSA) is 130 Å². The molecule has 1 unspecified atom stereocenters. The van der Waals surface area contributed by atoms with Gasteiger partial charge >= 0.3 is 0 Å². The van der Waals surface area contributed by atoms with Crippen molar-refractivity contribution >= 4 is 39.4 Å². The van der Waals surface area contributed by atoms with Crippen LogP contribution in [0.4, 0.5) is 5.69 Å². The van der Waals surface area contributed by atoms with Crippen LogP contribution in [0, 0.1) is 5.92 Å². The number of anilines is 1. The van der Waals surface area contributed by atoms with E-state index in [1.807, 2.05) is 4.90 Å². The summed E-state index contributed by atoms with van der Waals surface area (Å²) < 4.78 is 27.0. The lowest BCUT2D eigenvalue weighted by atomic mass is 9.97. The number of hydrogen-bond acceptors (Lipinski definition) is 8. The molecular weight excluding hydrogens is 402 g/mol. The molecule has 4 rings (SSSR count). The molecule has 154 valence electrons. The van der Waals surface area contributed by atoms with Crippen LogP contribution >= 0.6 is 0 Å². The summed E-state index contributed by atoms with van der Waals surface area (Å²) in [4.78, 5) is 52.2. The molecule has 0 bridgehead atoms. The Labute approximate surface area is 166 Å². The number of fused-ring (bicyclic) bond motifs is 1. The largest absolute Gasteiger partial charge is 0.370 e. The van der Waals surface area contributed by atoms with E-state index in [4.69, 9.17) is 4.18 Å². The van der Waals surface area contributed by atoms with Crippen LogP contribution in [0.3, 0.4) is 0 Å². The molecule has 0 spiro atoms. The summed E-state index contributed by atoms with van der Waals surface area (Å²) in [6.45, 7) is 1.01. The Hall–Kier alpha value is -2.79. The van der Waals surface area contributed by atoms with Crippen molar-refractivity contribution in [3.05, 3.63) is 29.3 Å². The van der Waals surface area contributed by atoms with Gasteiger partial charge in [-0.05, 0) is 18.6 Å². The third kappa shape index (κ3) is 3.51. The first-order valence-electron chi connectivity index (χ1n) is 9.09. The number of nitrogens with one attached hydrogen (secondary N) is 1. The first-order chi connectivity index (χ1) is 13.7. The van der Waals surface area contributed by atoms with E-state index in [0.29, 0.717) is 18.8 Å². The van der Waals surface area contributed by atoms with Crippen molar-refractivity contribution in [3.8, 4) is 0 Å². The predicted molar refractivity (Wildman–Crippen MR) is 99.6 cm³/mol. The van der Waals surface area contributed by atoms with Gasteiger partial charge in [-0.15, -0.1) is 0 Å². The molecule has 1 N–H and O–H groups in total. The number of benzene rings is 1. The van der Waals surface area contributed by atoms with Crippen molar-refractivity contribution in [1.82, 2.24) is 10.2 Å². The van der Waals surface area contributed by atoms with Crippen LogP contribution < -0.4 is 10.2 Å². The fourth-order valence-corrected chi connectivity index (χ4v) is 4.29. The molecule has 0 aromatic heterocycles. The summed E-state index contributed by atoms with van der Waals surface area (Å²) in [6, 6.07) is 3.90. The fourth-order valence-electron chi connectivity index (χ4n) is 3.85. The van der Waals surface area contributed by atoms with E-state index in [2.05, 4.69) is 5.32 Å². The Morgan fingerprint density at radius 1 is 1.14 bits per heavy atom. The second-order valence-electron chi connectivity index (χ2n) is 7.41. The summed E-state index contributed by atoms with van der Waals surface area (Å²) in [5, 5.41) is 2.17. The number of hydrogen-bond donors (Lipinski definition) is 1. The zero-order valence-electron chi connectivity index (χ0n) is 15.6. The summed E-state index contributed by atoms with van der Waals surface area (Å²) in [5.74, 6) is -2.21. The third-order valence-corrected chi connectivity index (χ3v) is 5.83. The molecule has 0 aliphatic carbocycles. The van der Waals surface area contributed by atoms with Gasteiger partial charge in [0.15, 0.2) is 0 Å². The summed E-state index contributed by atoms with van der Waals surface area (Å²) >= 11 is 0. The fraction of sp³-hybridized carbons (Fsp3) is 0.444. The number of carbonyl (C=O) groups excluding carboxylic acids is 4. The molecule has 2 saturated heterocycles. The molecule has 11 heteroatoms. The zero-order chi connectivity index (χ0) is 20.9. The molecule has 3 heterocycles. The van der Waals surface area contributed by atoms with Crippen molar-refractivity contribution in [2.45, 2.75) is 18.9 Å². The molecule has 1 aromatic rings. The molecule has 0 saturated carbocycles. The van der Waals surface area contributed by atoms with Crippen molar-refractivity contribution in [2.75, 3.05) is 30.9 Å². The quantitative estimate of drug-likeness (QED) is 0.497. The molecular formula is C18H19N3O7S. The molecule has 0 radical (unpaired) electrons. The Kier molecular flexibility index (Phi) is 4.66. The molecule has 29 heavy (non-hydrogen) atoms. The van der Waals surface area contributed by atoms with E-state index in [1.165, 1.54) is 6.07 Å². The van der Waals surface area contributed by atoms with Crippen LogP contribution in [-0.4, -0.2) is 68.9 Å². The number of nitrogens with zero attached hydrogens (tertiary/aromatic N) is 2. The van der Waals surface area contributed by atoms with Gasteiger partial charge in [-0.2, -0.15) is 8.42 Å². The minimum absolute atomic E-state index is 0.0148. The lowest BCUT2D eigenvalue weighted by Crippen LogP contribution is -2.54. The van der Waals surface area contributed by atoms with Gasteiger partial charge in [0.25, 0.3) is 21.9 Å². The Bertz CT molecular complexity index is 1030. The van der Waals surface area contributed by atoms with E-state index in [0.717, 1.165) is 11.2 Å². The number of rotatable bonds is 5. The molecule has 10 nitrogen and oxygen atoms in total. The van der Waals surface area contributed by atoms with Gasteiger partial charge in [-0.1, -0.05) is 6.07 Å². The molecule has 1 aromatic carbocycles. The highest BCUT2D eigenvalue weighted by atomic mass is 32.2. The normalized spacial score (nSPS) is 22.6. The van der Waals surface area contributed by atoms with Gasteiger partial charge < -0.3 is 4.90 Å². The van der Waals surface area contributed by atoms with Gasteiger partial charge in [0.2, 0.25) is 11.8 Å². The van der Waals surface area contributed by atoms with E-state index < -0.39 is 39.8 Å². The van der Waals surface area contributed by atoms with Gasteiger partial charge in [0, 0.05) is 25.4 Å². The standard InChI is InChI=1S/C18H19N3O7S/c1-29(26,27)28-9-10-7-20(8-10)12-4-2-3-11-15(12)18(25)21(17(11)24)13-5-6-14(22)19-16(13)23/h2-4,10,13H,5-9H2,1H3,(H,19,22,23). The maximum absolute atomic E-state index is 13.0. The SMILES string of the molecule is CS(=O)(=O)OCC1CN(c2cccc3c2C(=O)N(C2CCC(=O)NC2=O)C3=O)C1. The van der Waals surface area contributed by atoms with Gasteiger partial charge in [0.1, 0.15) is 6.04 Å². The molecule has 4 amide bonds. The van der Waals surface area contributed by atoms with E-state index >= 15 is 0 Å². The number of imide groups is 2. The number of amides is 4. The van der Waals surface area contributed by atoms with Crippen LogP contribution in [0.5, 0.6) is 0 Å². The van der Waals surface area contributed by atoms with Crippen molar-refractivity contribution in [3.63, 3.8) is 0 Å². The lowest BCUT2D eigenvalue weighted by molar-refractivity contribution is -0.136. The average Bonchev–Trinajstić information content (AvgIpc) is 2.85. The van der Waals surface area contributed by atoms with Gasteiger partial charge in [0.05, 0.1) is 29.7 Å². The van der Waals surface area contributed by atoms with Crippen LogP contribution in [0.1, 0.15) is 33.6 Å². The lowest BCUT2D eigenvalue weighted by Gasteiger charge is -2.41. The summed E-state index contributed by atoms with van der Waals surface area (Å²) in [7, 11) is -3.52. The van der Waals surface area contributed by atoms with Crippen LogP contribution in [0.15, 0.2) is 18.2 Å². The van der Waals surface area contributed by atoms with E-state index in [1.54, 1.807) is 12.1 Å². The first kappa shape index (κ1) is 19.5. The third-order valence-electron chi connectivity index (χ3n) is 5.26. The van der Waals surface area contributed by atoms with Crippen LogP contribution in [0.2, 0.25) is 0 Å². The van der Waals surface area contributed by atoms with Gasteiger partial charge in [-0.3, -0.25) is 33.6 Å². The highest BCUT2D eigenvalue weighted by Crippen LogP contribution is 2.36. The second-order valence-corrected chi connectivity index (χ2v) is 9.05. The maximum atomic E-state index is 13.0. The Balaban J connectivity index is 1.53. The van der Waals surface area contributed by atoms with Crippen LogP contribution in [-0.2, 0) is 23.9 Å². The smallest absolute Gasteiger partial charge is 0.264 e. The Morgan fingerprint density at radius 3 is 2.52 bits per heavy atom. The van der Waals surface area contributed by atoms with Crippen molar-refractivity contribution < 1.29 is 31.8 Å². The molecule has 1 atom stereocenters. The van der Waals surface area contributed by atoms with E-state index in [-0.39, 0.29) is 36.5 Å². The minimum atomic E-state index is -3.52. The zero-order valence-corrected chi connectivity index (χ0v) is 16.4. The molecule has 3 aliphatic rings. The molecule has 2 fully saturated rings. The van der Waals surface area contributed by atoms with Crippen LogP contribution in [0.25, 0.3) is 0 Å². The second kappa shape index (κ2) is 6.92. The Morgan fingerprint density at radius 2 is 1.86 bits per heavy atom. The summed E-state index contributed by atoms with van der Waals surface area (Å²) in [5.41, 5.74) is 1.00. The predicted octanol–water partition coefficient (Wildman–Crippen LogP) is -0.500. The average molecular weight is 421 g/mol. The number of carbonyl (C=O) groups is 4. The van der Waals surface area contributed by atoms with E-state index in [9.17, 15) is 27.6 Å². The summed E-state index contributed by atoms with van der Waals surface area (Å²) in [6.07, 6.45) is 1.15. The van der Waals surface area contributed by atoms with Gasteiger partial charge in [-0.25, -0.2) is 0 Å². The number of piperidine rings is 1. The first-order valence-corrected chi connectivity index (χ1v) is 10.9. The maximum Gasteiger partial charge on any atom is 0.264 e. The minimum Gasteiger partial charge on any atom is -0.370 e. The highest BCUT2D eigenvalue weighted by molar-refractivity contribution is 7.85. The molecule has 3 aliphatic heterocycles.